The molecule has 1 unspecified atom stereocenters. The maximum Gasteiger partial charge on any atom is 0.230 e. The van der Waals surface area contributed by atoms with E-state index in [1.807, 2.05) is 19.1 Å². The van der Waals surface area contributed by atoms with Gasteiger partial charge in [0.15, 0.2) is 11.5 Å². The van der Waals surface area contributed by atoms with Crippen molar-refractivity contribution in [2.24, 2.45) is 0 Å². The summed E-state index contributed by atoms with van der Waals surface area (Å²) in [7, 11) is 4.80. The molecule has 3 heterocycles. The fourth-order valence-corrected chi connectivity index (χ4v) is 5.73. The molecule has 8 nitrogen and oxygen atoms in total. The quantitative estimate of drug-likeness (QED) is 0.452. The van der Waals surface area contributed by atoms with Crippen LogP contribution in [-0.2, 0) is 6.42 Å². The number of hydrogen-bond donors (Lipinski definition) is 1. The van der Waals surface area contributed by atoms with E-state index in [0.717, 1.165) is 35.5 Å². The van der Waals surface area contributed by atoms with Gasteiger partial charge in [-0.25, -0.2) is 4.98 Å². The van der Waals surface area contributed by atoms with Gasteiger partial charge in [-0.3, -0.25) is 0 Å². The van der Waals surface area contributed by atoms with Gasteiger partial charge in [0.2, 0.25) is 16.6 Å². The predicted octanol–water partition coefficient (Wildman–Crippen LogP) is 4.37. The van der Waals surface area contributed by atoms with Crippen molar-refractivity contribution >= 4 is 22.0 Å². The summed E-state index contributed by atoms with van der Waals surface area (Å²) >= 11 is 1.44. The molecule has 1 aliphatic heterocycles. The molecule has 0 spiro atoms. The number of aromatic hydroxyl groups is 1. The highest BCUT2D eigenvalue weighted by Gasteiger charge is 2.33. The number of aromatic nitrogens is 3. The Hall–Kier alpha value is -3.46. The van der Waals surface area contributed by atoms with Crippen LogP contribution in [0.2, 0.25) is 0 Å². The molecule has 0 radical (unpaired) electrons. The largest absolute Gasteiger partial charge is 0.493 e. The van der Waals surface area contributed by atoms with Crippen LogP contribution < -0.4 is 19.1 Å². The van der Waals surface area contributed by atoms with E-state index in [1.165, 1.54) is 21.4 Å². The van der Waals surface area contributed by atoms with E-state index in [1.54, 1.807) is 21.3 Å². The lowest BCUT2D eigenvalue weighted by Gasteiger charge is -2.38. The van der Waals surface area contributed by atoms with E-state index in [4.69, 9.17) is 14.2 Å². The number of para-hydroxylation sites is 1. The lowest BCUT2D eigenvalue weighted by molar-refractivity contribution is 0.323. The molecule has 0 amide bonds. The van der Waals surface area contributed by atoms with Crippen molar-refractivity contribution in [3.05, 3.63) is 58.2 Å². The monoisotopic (exact) mass is 466 g/mol. The maximum absolute atomic E-state index is 11.2. The number of nitrogens with zero attached hydrogens (tertiary/aromatic N) is 4. The zero-order chi connectivity index (χ0) is 23.1. The molecular weight excluding hydrogens is 440 g/mol. The molecule has 5 rings (SSSR count). The predicted molar refractivity (Wildman–Crippen MR) is 127 cm³/mol. The number of anilines is 1. The van der Waals surface area contributed by atoms with Crippen molar-refractivity contribution in [1.82, 2.24) is 14.6 Å². The second-order valence-corrected chi connectivity index (χ2v) is 8.94. The third kappa shape index (κ3) is 3.52. The molecule has 1 aliphatic rings. The van der Waals surface area contributed by atoms with Gasteiger partial charge in [-0.2, -0.15) is 4.52 Å². The average Bonchev–Trinajstić information content (AvgIpc) is 3.35. The van der Waals surface area contributed by atoms with Crippen molar-refractivity contribution in [3.8, 4) is 23.1 Å². The first-order valence-corrected chi connectivity index (χ1v) is 11.6. The van der Waals surface area contributed by atoms with Crippen LogP contribution in [0.15, 0.2) is 36.4 Å². The van der Waals surface area contributed by atoms with Crippen LogP contribution in [0, 0.1) is 6.92 Å². The Morgan fingerprint density at radius 3 is 2.45 bits per heavy atom. The third-order valence-corrected chi connectivity index (χ3v) is 7.09. The van der Waals surface area contributed by atoms with Crippen molar-refractivity contribution in [2.75, 3.05) is 32.8 Å². The summed E-state index contributed by atoms with van der Waals surface area (Å²) in [5.41, 5.74) is 3.35. The molecular formula is C24H26N4O4S. The second-order valence-electron chi connectivity index (χ2n) is 7.93. The Morgan fingerprint density at radius 2 is 1.79 bits per heavy atom. The summed E-state index contributed by atoms with van der Waals surface area (Å²) in [5.74, 6) is 2.38. The minimum atomic E-state index is -0.297. The van der Waals surface area contributed by atoms with Gasteiger partial charge in [0.1, 0.15) is 5.82 Å². The molecule has 0 aliphatic carbocycles. The molecule has 0 bridgehead atoms. The van der Waals surface area contributed by atoms with Gasteiger partial charge in [-0.15, -0.1) is 5.10 Å². The molecule has 4 aromatic rings. The van der Waals surface area contributed by atoms with Crippen LogP contribution in [0.4, 0.5) is 5.69 Å². The van der Waals surface area contributed by atoms with Crippen molar-refractivity contribution < 1.29 is 19.3 Å². The Morgan fingerprint density at radius 1 is 1.06 bits per heavy atom. The standard InChI is InChI=1S/C24H26N4O4S/c1-14-25-24-28(26-14)23(29)22(33-24)20(27-11-7-9-15-8-5-6-10-17(15)27)16-12-18(30-2)21(32-4)19(13-16)31-3/h5-6,8,10,12-13,20,29H,7,9,11H2,1-4H3. The van der Waals surface area contributed by atoms with Crippen LogP contribution in [0.1, 0.15) is 34.3 Å². The fourth-order valence-electron chi connectivity index (χ4n) is 4.59. The number of ether oxygens (including phenoxy) is 3. The highest BCUT2D eigenvalue weighted by molar-refractivity contribution is 7.17. The van der Waals surface area contributed by atoms with Crippen molar-refractivity contribution in [1.29, 1.82) is 0 Å². The fraction of sp³-hybridized carbons (Fsp3) is 0.333. The van der Waals surface area contributed by atoms with Gasteiger partial charge in [-0.05, 0) is 49.1 Å². The van der Waals surface area contributed by atoms with Crippen LogP contribution >= 0.6 is 11.3 Å². The highest BCUT2D eigenvalue weighted by atomic mass is 32.1. The molecule has 2 aromatic heterocycles. The van der Waals surface area contributed by atoms with Crippen LogP contribution in [0.5, 0.6) is 23.1 Å². The Labute approximate surface area is 196 Å². The minimum Gasteiger partial charge on any atom is -0.493 e. The first-order valence-electron chi connectivity index (χ1n) is 10.7. The molecule has 2 aromatic carbocycles. The van der Waals surface area contributed by atoms with Crippen molar-refractivity contribution in [3.63, 3.8) is 0 Å². The van der Waals surface area contributed by atoms with Gasteiger partial charge in [-0.1, -0.05) is 29.5 Å². The zero-order valence-corrected chi connectivity index (χ0v) is 19.8. The summed E-state index contributed by atoms with van der Waals surface area (Å²) in [5, 5.41) is 15.6. The first kappa shape index (κ1) is 21.4. The number of hydrogen-bond acceptors (Lipinski definition) is 8. The number of thiazole rings is 1. The maximum atomic E-state index is 11.2. The van der Waals surface area contributed by atoms with Gasteiger partial charge in [0, 0.05) is 12.2 Å². The van der Waals surface area contributed by atoms with Gasteiger partial charge in [0.05, 0.1) is 32.2 Å². The number of aryl methyl sites for hydroxylation is 2. The Bertz CT molecular complexity index is 1290. The van der Waals surface area contributed by atoms with Gasteiger partial charge in [0.25, 0.3) is 0 Å². The summed E-state index contributed by atoms with van der Waals surface area (Å²) in [4.78, 5) is 8.22. The summed E-state index contributed by atoms with van der Waals surface area (Å²) in [6.45, 7) is 2.65. The van der Waals surface area contributed by atoms with E-state index < -0.39 is 0 Å². The normalized spacial score (nSPS) is 14.2. The van der Waals surface area contributed by atoms with Gasteiger partial charge < -0.3 is 24.2 Å². The molecule has 172 valence electrons. The smallest absolute Gasteiger partial charge is 0.230 e. The molecule has 1 atom stereocenters. The molecule has 0 saturated carbocycles. The molecule has 33 heavy (non-hydrogen) atoms. The molecule has 9 heteroatoms. The van der Waals surface area contributed by atoms with E-state index in [0.29, 0.717) is 28.0 Å². The topological polar surface area (TPSA) is 81.4 Å². The molecule has 0 fully saturated rings. The summed E-state index contributed by atoms with van der Waals surface area (Å²) in [6.07, 6.45) is 2.04. The second kappa shape index (κ2) is 8.47. The zero-order valence-electron chi connectivity index (χ0n) is 19.0. The average molecular weight is 467 g/mol. The van der Waals surface area contributed by atoms with E-state index in [2.05, 4.69) is 39.2 Å². The Kier molecular flexibility index (Phi) is 5.49. The van der Waals surface area contributed by atoms with Crippen LogP contribution in [0.3, 0.4) is 0 Å². The number of fused-ring (bicyclic) bond motifs is 2. The SMILES string of the molecule is COc1cc(C(c2sc3nc(C)nn3c2O)N2CCCc3ccccc32)cc(OC)c1OC. The third-order valence-electron chi connectivity index (χ3n) is 6.01. The summed E-state index contributed by atoms with van der Waals surface area (Å²) in [6, 6.07) is 12.0. The Balaban J connectivity index is 1.75. The number of rotatable bonds is 6. The van der Waals surface area contributed by atoms with E-state index >= 15 is 0 Å². The van der Waals surface area contributed by atoms with Crippen LogP contribution in [0.25, 0.3) is 4.96 Å². The lowest BCUT2D eigenvalue weighted by Crippen LogP contribution is -2.34. The van der Waals surface area contributed by atoms with E-state index in [9.17, 15) is 5.11 Å². The molecule has 1 N–H and O–H groups in total. The first-order chi connectivity index (χ1) is 16.0. The minimum absolute atomic E-state index is 0.0948. The lowest BCUT2D eigenvalue weighted by atomic mass is 9.95. The summed E-state index contributed by atoms with van der Waals surface area (Å²) < 4.78 is 18.3. The number of benzene rings is 2. The van der Waals surface area contributed by atoms with Crippen molar-refractivity contribution in [2.45, 2.75) is 25.8 Å². The van der Waals surface area contributed by atoms with Gasteiger partial charge >= 0.3 is 0 Å². The van der Waals surface area contributed by atoms with E-state index in [-0.39, 0.29) is 11.9 Å². The number of methoxy groups -OCH3 is 3. The van der Waals surface area contributed by atoms with Crippen LogP contribution in [-0.4, -0.2) is 47.6 Å². The highest BCUT2D eigenvalue weighted by Crippen LogP contribution is 2.47. The molecule has 0 saturated heterocycles.